The Labute approximate surface area is 80.9 Å². The number of nitrogens with zero attached hydrogens (tertiary/aromatic N) is 2. The van der Waals surface area contributed by atoms with Crippen molar-refractivity contribution in [2.24, 2.45) is 0 Å². The Morgan fingerprint density at radius 2 is 2.54 bits per heavy atom. The molecule has 0 aliphatic rings. The van der Waals surface area contributed by atoms with Crippen molar-refractivity contribution in [2.45, 2.75) is 24.5 Å². The molecule has 1 atom stereocenters. The van der Waals surface area contributed by atoms with Crippen LogP contribution in [0.3, 0.4) is 0 Å². The van der Waals surface area contributed by atoms with Crippen LogP contribution in [-0.4, -0.2) is 26.1 Å². The second-order valence-corrected chi connectivity index (χ2v) is 3.74. The van der Waals surface area contributed by atoms with Gasteiger partial charge in [-0.05, 0) is 12.5 Å². The Bertz CT molecular complexity index is 261. The first kappa shape index (κ1) is 10.1. The van der Waals surface area contributed by atoms with Crippen LogP contribution in [0, 0.1) is 0 Å². The van der Waals surface area contributed by atoms with E-state index in [9.17, 15) is 4.79 Å². The molecule has 0 aliphatic heterocycles. The van der Waals surface area contributed by atoms with Crippen molar-refractivity contribution < 1.29 is 9.90 Å². The van der Waals surface area contributed by atoms with E-state index >= 15 is 0 Å². The Kier molecular flexibility index (Phi) is 3.82. The minimum atomic E-state index is -0.750. The van der Waals surface area contributed by atoms with E-state index in [-0.39, 0.29) is 5.25 Å². The molecule has 1 N–H and O–H groups in total. The standard InChI is InChI=1S/C8H12N2O2S/c1-2-7(8(11)12)13-6-10-5-3-4-9-10/h3-5,7H,2,6H2,1H3,(H,11,12). The average Bonchev–Trinajstić information content (AvgIpc) is 2.57. The number of carboxylic acids is 1. The smallest absolute Gasteiger partial charge is 0.316 e. The summed E-state index contributed by atoms with van der Waals surface area (Å²) in [5, 5.41) is 12.4. The quantitative estimate of drug-likeness (QED) is 0.781. The van der Waals surface area contributed by atoms with Gasteiger partial charge in [-0.3, -0.25) is 9.48 Å². The summed E-state index contributed by atoms with van der Waals surface area (Å²) in [6.45, 7) is 1.87. The highest BCUT2D eigenvalue weighted by Crippen LogP contribution is 2.16. The molecule has 0 spiro atoms. The molecule has 0 aliphatic carbocycles. The number of aliphatic carboxylic acids is 1. The number of rotatable bonds is 5. The van der Waals surface area contributed by atoms with E-state index in [0.29, 0.717) is 12.3 Å². The zero-order valence-electron chi connectivity index (χ0n) is 7.38. The molecule has 1 aromatic heterocycles. The molecule has 1 unspecified atom stereocenters. The Hall–Kier alpha value is -0.970. The first-order chi connectivity index (χ1) is 6.24. The van der Waals surface area contributed by atoms with Crippen molar-refractivity contribution in [1.82, 2.24) is 9.78 Å². The summed E-state index contributed by atoms with van der Waals surface area (Å²) in [6.07, 6.45) is 4.14. The van der Waals surface area contributed by atoms with Gasteiger partial charge in [0.2, 0.25) is 0 Å². The largest absolute Gasteiger partial charge is 0.480 e. The first-order valence-electron chi connectivity index (χ1n) is 4.06. The molecule has 0 amide bonds. The van der Waals surface area contributed by atoms with Crippen molar-refractivity contribution in [2.75, 3.05) is 0 Å². The maximum atomic E-state index is 10.6. The maximum absolute atomic E-state index is 10.6. The second-order valence-electron chi connectivity index (χ2n) is 2.58. The monoisotopic (exact) mass is 200 g/mol. The summed E-state index contributed by atoms with van der Waals surface area (Å²) in [6, 6.07) is 1.82. The molecule has 0 radical (unpaired) electrons. The van der Waals surface area contributed by atoms with Crippen LogP contribution in [0.15, 0.2) is 18.5 Å². The van der Waals surface area contributed by atoms with Crippen molar-refractivity contribution in [3.05, 3.63) is 18.5 Å². The number of carbonyl (C=O) groups is 1. The lowest BCUT2D eigenvalue weighted by Gasteiger charge is -2.08. The molecule has 72 valence electrons. The number of thioether (sulfide) groups is 1. The normalized spacial score (nSPS) is 12.7. The molecule has 4 nitrogen and oxygen atoms in total. The lowest BCUT2D eigenvalue weighted by Crippen LogP contribution is -2.16. The van der Waals surface area contributed by atoms with Crippen LogP contribution in [0.1, 0.15) is 13.3 Å². The molecule has 13 heavy (non-hydrogen) atoms. The van der Waals surface area contributed by atoms with Crippen LogP contribution >= 0.6 is 11.8 Å². The van der Waals surface area contributed by atoms with Gasteiger partial charge in [-0.15, -0.1) is 11.8 Å². The van der Waals surface area contributed by atoms with Crippen LogP contribution in [0.4, 0.5) is 0 Å². The third-order valence-electron chi connectivity index (χ3n) is 1.61. The van der Waals surface area contributed by atoms with Gasteiger partial charge in [-0.2, -0.15) is 5.10 Å². The van der Waals surface area contributed by atoms with Gasteiger partial charge in [-0.25, -0.2) is 0 Å². The molecule has 0 aromatic carbocycles. The van der Waals surface area contributed by atoms with Crippen LogP contribution < -0.4 is 0 Å². The number of aromatic nitrogens is 2. The SMILES string of the molecule is CCC(SCn1cccn1)C(=O)O. The predicted molar refractivity (Wildman–Crippen MR) is 51.5 cm³/mol. The van der Waals surface area contributed by atoms with E-state index in [1.54, 1.807) is 10.9 Å². The Morgan fingerprint density at radius 3 is 3.00 bits per heavy atom. The fourth-order valence-electron chi connectivity index (χ4n) is 0.907. The minimum absolute atomic E-state index is 0.329. The van der Waals surface area contributed by atoms with Gasteiger partial charge in [0.15, 0.2) is 0 Å². The third kappa shape index (κ3) is 3.10. The minimum Gasteiger partial charge on any atom is -0.480 e. The van der Waals surface area contributed by atoms with E-state index in [4.69, 9.17) is 5.11 Å². The van der Waals surface area contributed by atoms with Crippen molar-refractivity contribution in [3.63, 3.8) is 0 Å². The predicted octanol–water partition coefficient (Wildman–Crippen LogP) is 1.44. The summed E-state index contributed by atoms with van der Waals surface area (Å²) in [5.74, 6) is -0.155. The van der Waals surface area contributed by atoms with E-state index in [1.807, 2.05) is 19.2 Å². The first-order valence-corrected chi connectivity index (χ1v) is 5.10. The zero-order valence-corrected chi connectivity index (χ0v) is 8.20. The molecule has 1 aromatic rings. The highest BCUT2D eigenvalue weighted by atomic mass is 32.2. The summed E-state index contributed by atoms with van der Waals surface area (Å²) in [5.41, 5.74) is 0. The summed E-state index contributed by atoms with van der Waals surface area (Å²) in [4.78, 5) is 10.6. The van der Waals surface area contributed by atoms with Gasteiger partial charge in [0.1, 0.15) is 5.25 Å². The van der Waals surface area contributed by atoms with Crippen LogP contribution in [0.25, 0.3) is 0 Å². The van der Waals surface area contributed by atoms with Crippen molar-refractivity contribution >= 4 is 17.7 Å². The molecular weight excluding hydrogens is 188 g/mol. The molecule has 1 heterocycles. The Morgan fingerprint density at radius 1 is 1.77 bits per heavy atom. The number of hydrogen-bond acceptors (Lipinski definition) is 3. The van der Waals surface area contributed by atoms with E-state index in [1.165, 1.54) is 11.8 Å². The summed E-state index contributed by atoms with van der Waals surface area (Å²) in [7, 11) is 0. The van der Waals surface area contributed by atoms with Gasteiger partial charge in [0.05, 0.1) is 5.88 Å². The molecule has 0 fully saturated rings. The van der Waals surface area contributed by atoms with Gasteiger partial charge in [-0.1, -0.05) is 6.92 Å². The van der Waals surface area contributed by atoms with Gasteiger partial charge >= 0.3 is 5.97 Å². The molecule has 5 heteroatoms. The van der Waals surface area contributed by atoms with E-state index < -0.39 is 5.97 Å². The summed E-state index contributed by atoms with van der Waals surface area (Å²) < 4.78 is 1.72. The van der Waals surface area contributed by atoms with E-state index in [0.717, 1.165) is 0 Å². The van der Waals surface area contributed by atoms with Gasteiger partial charge in [0.25, 0.3) is 0 Å². The maximum Gasteiger partial charge on any atom is 0.316 e. The van der Waals surface area contributed by atoms with Crippen LogP contribution in [-0.2, 0) is 10.7 Å². The molecule has 0 saturated heterocycles. The van der Waals surface area contributed by atoms with Crippen LogP contribution in [0.2, 0.25) is 0 Å². The topological polar surface area (TPSA) is 55.1 Å². The molecule has 1 rings (SSSR count). The van der Waals surface area contributed by atoms with Crippen molar-refractivity contribution in [3.8, 4) is 0 Å². The molecule has 0 bridgehead atoms. The molecular formula is C8H12N2O2S. The second kappa shape index (κ2) is 4.91. The van der Waals surface area contributed by atoms with Crippen LogP contribution in [0.5, 0.6) is 0 Å². The lowest BCUT2D eigenvalue weighted by atomic mass is 10.3. The highest BCUT2D eigenvalue weighted by molar-refractivity contribution is 7.99. The average molecular weight is 200 g/mol. The van der Waals surface area contributed by atoms with E-state index in [2.05, 4.69) is 5.10 Å². The fourth-order valence-corrected chi connectivity index (χ4v) is 1.77. The number of hydrogen-bond donors (Lipinski definition) is 1. The van der Waals surface area contributed by atoms with Gasteiger partial charge < -0.3 is 5.11 Å². The highest BCUT2D eigenvalue weighted by Gasteiger charge is 2.14. The van der Waals surface area contributed by atoms with Crippen molar-refractivity contribution in [1.29, 1.82) is 0 Å². The fraction of sp³-hybridized carbons (Fsp3) is 0.500. The lowest BCUT2D eigenvalue weighted by molar-refractivity contribution is -0.136. The number of carboxylic acid groups (broad SMARTS) is 1. The van der Waals surface area contributed by atoms with Gasteiger partial charge in [0, 0.05) is 12.4 Å². The molecule has 0 saturated carbocycles. The Balaban J connectivity index is 2.36. The zero-order chi connectivity index (χ0) is 9.68. The summed E-state index contributed by atoms with van der Waals surface area (Å²) >= 11 is 1.39. The third-order valence-corrected chi connectivity index (χ3v) is 2.96.